The maximum atomic E-state index is 13.1. The number of nitrogens with zero attached hydrogens (tertiary/aromatic N) is 2. The molecule has 0 aliphatic heterocycles. The first-order valence-corrected chi connectivity index (χ1v) is 10.1. The van der Waals surface area contributed by atoms with Crippen LogP contribution in [0, 0.1) is 24.0 Å². The highest BCUT2D eigenvalue weighted by Crippen LogP contribution is 2.30. The molecule has 0 aliphatic rings. The van der Waals surface area contributed by atoms with Gasteiger partial charge in [0.25, 0.3) is 15.7 Å². The Kier molecular flexibility index (Phi) is 6.40. The lowest BCUT2D eigenvalue weighted by Crippen LogP contribution is -2.31. The Hall–Kier alpha value is -2.94. The monoisotopic (exact) mass is 406 g/mol. The summed E-state index contributed by atoms with van der Waals surface area (Å²) in [6.45, 7) is 6.95. The molecule has 8 nitrogen and oxygen atoms in total. The number of benzene rings is 2. The number of hydrogen-bond acceptors (Lipinski definition) is 6. The number of anilines is 1. The van der Waals surface area contributed by atoms with Crippen LogP contribution >= 0.6 is 0 Å². The van der Waals surface area contributed by atoms with Crippen molar-refractivity contribution in [2.45, 2.75) is 32.6 Å². The summed E-state index contributed by atoms with van der Waals surface area (Å²) in [7, 11) is -4.03. The van der Waals surface area contributed by atoms with E-state index in [9.17, 15) is 23.3 Å². The van der Waals surface area contributed by atoms with E-state index in [0.717, 1.165) is 10.4 Å². The summed E-state index contributed by atoms with van der Waals surface area (Å²) in [5.74, 6) is -0.489. The summed E-state index contributed by atoms with van der Waals surface area (Å²) < 4.78 is 32.4. The normalized spacial score (nSPS) is 11.1. The lowest BCUT2D eigenvalue weighted by Gasteiger charge is -2.25. The number of ether oxygens (including phenoxy) is 1. The molecule has 0 aliphatic carbocycles. The van der Waals surface area contributed by atoms with Crippen LogP contribution in [0.3, 0.4) is 0 Å². The predicted molar refractivity (Wildman–Crippen MR) is 105 cm³/mol. The largest absolute Gasteiger partial charge is 0.462 e. The highest BCUT2D eigenvalue weighted by atomic mass is 32.2. The fourth-order valence-corrected chi connectivity index (χ4v) is 4.38. The Morgan fingerprint density at radius 3 is 2.32 bits per heavy atom. The molecule has 2 aromatic rings. The summed E-state index contributed by atoms with van der Waals surface area (Å²) >= 11 is 0. The number of hydrogen-bond donors (Lipinski definition) is 0. The third kappa shape index (κ3) is 4.14. The van der Waals surface area contributed by atoms with Crippen LogP contribution in [0.25, 0.3) is 0 Å². The van der Waals surface area contributed by atoms with Gasteiger partial charge in [-0.2, -0.15) is 0 Å². The minimum Gasteiger partial charge on any atom is -0.462 e. The molecule has 0 aromatic heterocycles. The van der Waals surface area contributed by atoms with E-state index in [4.69, 9.17) is 4.74 Å². The van der Waals surface area contributed by atoms with Crippen LogP contribution in [0.4, 0.5) is 11.4 Å². The van der Waals surface area contributed by atoms with Crippen molar-refractivity contribution >= 4 is 27.4 Å². The van der Waals surface area contributed by atoms with Gasteiger partial charge in [0.2, 0.25) is 0 Å². The van der Waals surface area contributed by atoms with E-state index in [2.05, 4.69) is 0 Å². The molecule has 0 N–H and O–H groups in total. The van der Waals surface area contributed by atoms with E-state index in [1.807, 2.05) is 0 Å². The third-order valence-electron chi connectivity index (χ3n) is 4.23. The second-order valence-corrected chi connectivity index (χ2v) is 7.96. The van der Waals surface area contributed by atoms with Gasteiger partial charge in [0.1, 0.15) is 0 Å². The van der Waals surface area contributed by atoms with Gasteiger partial charge >= 0.3 is 5.97 Å². The fraction of sp³-hybridized carbons (Fsp3) is 0.316. The Morgan fingerprint density at radius 2 is 1.79 bits per heavy atom. The van der Waals surface area contributed by atoms with Crippen LogP contribution in [-0.2, 0) is 14.8 Å². The number of nitro benzene ring substituents is 1. The molecule has 0 radical (unpaired) electrons. The number of esters is 1. The number of carbonyl (C=O) groups excluding carboxylic acids is 1. The Labute approximate surface area is 163 Å². The molecule has 28 heavy (non-hydrogen) atoms. The van der Waals surface area contributed by atoms with Gasteiger partial charge in [0.15, 0.2) is 0 Å². The number of nitro groups is 1. The molecular weight excluding hydrogens is 384 g/mol. The van der Waals surface area contributed by atoms with Crippen molar-refractivity contribution in [1.29, 1.82) is 0 Å². The SMILES string of the molecule is CCOC(=O)c1ccc(N(CC)S(=O)(=O)c2ccc(C)c([N+](=O)[O-])c2)c(C)c1. The van der Waals surface area contributed by atoms with Crippen LogP contribution in [0.2, 0.25) is 0 Å². The standard InChI is InChI=1S/C19H22N2O6S/c1-5-20(17-10-8-15(11-14(17)4)19(22)27-6-2)28(25,26)16-9-7-13(3)18(12-16)21(23)24/h7-12H,5-6H2,1-4H3. The van der Waals surface area contributed by atoms with Gasteiger partial charge in [0.05, 0.1) is 27.7 Å². The van der Waals surface area contributed by atoms with Crippen molar-refractivity contribution in [3.63, 3.8) is 0 Å². The van der Waals surface area contributed by atoms with Gasteiger partial charge in [-0.05, 0) is 57.5 Å². The molecule has 0 unspecified atom stereocenters. The third-order valence-corrected chi connectivity index (χ3v) is 6.11. The van der Waals surface area contributed by atoms with Crippen LogP contribution in [-0.4, -0.2) is 32.5 Å². The van der Waals surface area contributed by atoms with Crippen LogP contribution in [0.15, 0.2) is 41.3 Å². The first kappa shape index (κ1) is 21.4. The first-order valence-electron chi connectivity index (χ1n) is 8.69. The summed E-state index contributed by atoms with van der Waals surface area (Å²) in [5.41, 5.74) is 1.40. The molecule has 2 rings (SSSR count). The Morgan fingerprint density at radius 1 is 1.11 bits per heavy atom. The molecular formula is C19H22N2O6S. The molecule has 150 valence electrons. The van der Waals surface area contributed by atoms with Gasteiger partial charge in [-0.25, -0.2) is 13.2 Å². The zero-order chi connectivity index (χ0) is 21.1. The topological polar surface area (TPSA) is 107 Å². The molecule has 0 spiro atoms. The van der Waals surface area contributed by atoms with Crippen molar-refractivity contribution in [3.8, 4) is 0 Å². The average molecular weight is 406 g/mol. The van der Waals surface area contributed by atoms with Crippen molar-refractivity contribution < 1.29 is 22.9 Å². The summed E-state index contributed by atoms with van der Waals surface area (Å²) in [6.07, 6.45) is 0. The molecule has 0 fully saturated rings. The lowest BCUT2D eigenvalue weighted by molar-refractivity contribution is -0.385. The predicted octanol–water partition coefficient (Wildman–Crippen LogP) is 3.60. The number of aryl methyl sites for hydroxylation is 2. The highest BCUT2D eigenvalue weighted by Gasteiger charge is 2.27. The first-order chi connectivity index (χ1) is 13.1. The smallest absolute Gasteiger partial charge is 0.338 e. The van der Waals surface area contributed by atoms with Crippen molar-refractivity contribution in [3.05, 3.63) is 63.2 Å². The molecule has 0 atom stereocenters. The van der Waals surface area contributed by atoms with Gasteiger partial charge in [-0.1, -0.05) is 6.07 Å². The molecule has 0 amide bonds. The van der Waals surface area contributed by atoms with E-state index in [1.54, 1.807) is 33.8 Å². The van der Waals surface area contributed by atoms with E-state index in [0.29, 0.717) is 22.4 Å². The number of sulfonamides is 1. The molecule has 0 heterocycles. The second-order valence-electron chi connectivity index (χ2n) is 6.10. The maximum Gasteiger partial charge on any atom is 0.338 e. The molecule has 0 saturated carbocycles. The van der Waals surface area contributed by atoms with Crippen molar-refractivity contribution in [2.75, 3.05) is 17.5 Å². The Balaban J connectivity index is 2.51. The quantitative estimate of drug-likeness (QED) is 0.395. The van der Waals surface area contributed by atoms with E-state index in [-0.39, 0.29) is 23.7 Å². The van der Waals surface area contributed by atoms with E-state index >= 15 is 0 Å². The van der Waals surface area contributed by atoms with Crippen LogP contribution in [0.1, 0.15) is 35.3 Å². The summed E-state index contributed by atoms with van der Waals surface area (Å²) in [5, 5.41) is 11.2. The van der Waals surface area contributed by atoms with Gasteiger partial charge in [0, 0.05) is 18.2 Å². The van der Waals surface area contributed by atoms with E-state index in [1.165, 1.54) is 24.3 Å². The summed E-state index contributed by atoms with van der Waals surface area (Å²) in [4.78, 5) is 22.3. The average Bonchev–Trinajstić information content (AvgIpc) is 2.63. The number of rotatable bonds is 7. The van der Waals surface area contributed by atoms with Crippen molar-refractivity contribution in [2.24, 2.45) is 0 Å². The van der Waals surface area contributed by atoms with Gasteiger partial charge in [-0.15, -0.1) is 0 Å². The minimum atomic E-state index is -4.03. The number of carbonyl (C=O) groups is 1. The molecule has 9 heteroatoms. The molecule has 2 aromatic carbocycles. The fourth-order valence-electron chi connectivity index (χ4n) is 2.82. The Bertz CT molecular complexity index is 1020. The molecule has 0 bridgehead atoms. The second kappa shape index (κ2) is 8.39. The highest BCUT2D eigenvalue weighted by molar-refractivity contribution is 7.92. The van der Waals surface area contributed by atoms with Gasteiger partial charge in [-0.3, -0.25) is 14.4 Å². The summed E-state index contributed by atoms with van der Waals surface area (Å²) in [6, 6.07) is 8.41. The van der Waals surface area contributed by atoms with Crippen molar-refractivity contribution in [1.82, 2.24) is 0 Å². The van der Waals surface area contributed by atoms with Crippen LogP contribution in [0.5, 0.6) is 0 Å². The minimum absolute atomic E-state index is 0.115. The maximum absolute atomic E-state index is 13.1. The zero-order valence-corrected chi connectivity index (χ0v) is 16.9. The lowest BCUT2D eigenvalue weighted by atomic mass is 10.1. The van der Waals surface area contributed by atoms with Crippen LogP contribution < -0.4 is 4.31 Å². The van der Waals surface area contributed by atoms with Gasteiger partial charge < -0.3 is 4.74 Å². The van der Waals surface area contributed by atoms with E-state index < -0.39 is 20.9 Å². The zero-order valence-electron chi connectivity index (χ0n) is 16.1. The molecule has 0 saturated heterocycles.